The minimum absolute atomic E-state index is 0.256. The molecule has 3 unspecified atom stereocenters. The third kappa shape index (κ3) is 4.69. The standard InChI is InChI=1S/C18H27ClFN/c1-3-9-21-18(15-6-5-13(4-2)10-15)11-14-7-8-16(20)12-17(14)19/h7-8,12-13,15,18,21H,3-6,9-11H2,1-2H3. The monoisotopic (exact) mass is 311 g/mol. The lowest BCUT2D eigenvalue weighted by Crippen LogP contribution is -2.37. The number of hydrogen-bond donors (Lipinski definition) is 1. The molecule has 1 aliphatic carbocycles. The Morgan fingerprint density at radius 3 is 2.76 bits per heavy atom. The SMILES string of the molecule is CCCNC(Cc1ccc(F)cc1Cl)C1CCC(CC)C1. The van der Waals surface area contributed by atoms with Gasteiger partial charge in [-0.3, -0.25) is 0 Å². The van der Waals surface area contributed by atoms with Crippen LogP contribution < -0.4 is 5.32 Å². The minimum Gasteiger partial charge on any atom is -0.313 e. The fourth-order valence-electron chi connectivity index (χ4n) is 3.51. The Hall–Kier alpha value is -0.600. The lowest BCUT2D eigenvalue weighted by atomic mass is 9.90. The molecule has 118 valence electrons. The summed E-state index contributed by atoms with van der Waals surface area (Å²) in [6.45, 7) is 5.52. The van der Waals surface area contributed by atoms with Crippen molar-refractivity contribution in [3.05, 3.63) is 34.6 Å². The van der Waals surface area contributed by atoms with Gasteiger partial charge >= 0.3 is 0 Å². The van der Waals surface area contributed by atoms with Crippen molar-refractivity contribution in [2.75, 3.05) is 6.54 Å². The van der Waals surface area contributed by atoms with Crippen LogP contribution in [0.5, 0.6) is 0 Å². The first-order valence-corrected chi connectivity index (χ1v) is 8.69. The van der Waals surface area contributed by atoms with Gasteiger partial charge in [0.2, 0.25) is 0 Å². The Morgan fingerprint density at radius 2 is 2.14 bits per heavy atom. The Bertz CT molecular complexity index is 449. The molecule has 3 heteroatoms. The van der Waals surface area contributed by atoms with Crippen molar-refractivity contribution in [1.29, 1.82) is 0 Å². The molecule has 0 saturated heterocycles. The largest absolute Gasteiger partial charge is 0.313 e. The first-order valence-electron chi connectivity index (χ1n) is 8.31. The van der Waals surface area contributed by atoms with Crippen LogP contribution in [0, 0.1) is 17.7 Å². The van der Waals surface area contributed by atoms with Crippen LogP contribution in [-0.2, 0) is 6.42 Å². The first-order chi connectivity index (χ1) is 10.1. The molecule has 0 spiro atoms. The van der Waals surface area contributed by atoms with Crippen molar-refractivity contribution in [1.82, 2.24) is 5.32 Å². The summed E-state index contributed by atoms with van der Waals surface area (Å²) in [5.41, 5.74) is 1.06. The lowest BCUT2D eigenvalue weighted by molar-refractivity contribution is 0.344. The zero-order valence-corrected chi connectivity index (χ0v) is 13.9. The molecule has 1 N–H and O–H groups in total. The van der Waals surface area contributed by atoms with E-state index in [4.69, 9.17) is 11.6 Å². The third-order valence-corrected chi connectivity index (χ3v) is 5.19. The van der Waals surface area contributed by atoms with Crippen molar-refractivity contribution >= 4 is 11.6 Å². The fraction of sp³-hybridized carbons (Fsp3) is 0.667. The predicted octanol–water partition coefficient (Wildman–Crippen LogP) is 5.22. The van der Waals surface area contributed by atoms with Crippen LogP contribution in [0.2, 0.25) is 5.02 Å². The van der Waals surface area contributed by atoms with E-state index in [0.717, 1.165) is 36.8 Å². The van der Waals surface area contributed by atoms with Gasteiger partial charge in [-0.2, -0.15) is 0 Å². The summed E-state index contributed by atoms with van der Waals surface area (Å²) in [6, 6.07) is 5.24. The predicted molar refractivity (Wildman–Crippen MR) is 88.3 cm³/mol. The molecular weight excluding hydrogens is 285 g/mol. The van der Waals surface area contributed by atoms with Crippen LogP contribution in [0.25, 0.3) is 0 Å². The topological polar surface area (TPSA) is 12.0 Å². The molecule has 21 heavy (non-hydrogen) atoms. The molecule has 2 rings (SSSR count). The van der Waals surface area contributed by atoms with Gasteiger partial charge in [0.05, 0.1) is 0 Å². The van der Waals surface area contributed by atoms with Crippen molar-refractivity contribution in [3.63, 3.8) is 0 Å². The highest BCUT2D eigenvalue weighted by atomic mass is 35.5. The molecule has 0 heterocycles. The molecule has 0 aliphatic heterocycles. The summed E-state index contributed by atoms with van der Waals surface area (Å²) in [4.78, 5) is 0. The molecular formula is C18H27ClFN. The van der Waals surface area contributed by atoms with Gasteiger partial charge < -0.3 is 5.32 Å². The van der Waals surface area contributed by atoms with E-state index in [9.17, 15) is 4.39 Å². The Balaban J connectivity index is 2.05. The Labute approximate surface area is 133 Å². The van der Waals surface area contributed by atoms with E-state index in [-0.39, 0.29) is 5.82 Å². The van der Waals surface area contributed by atoms with E-state index in [0.29, 0.717) is 11.1 Å². The molecule has 1 nitrogen and oxygen atoms in total. The second-order valence-corrected chi connectivity index (χ2v) is 6.76. The van der Waals surface area contributed by atoms with Crippen molar-refractivity contribution in [2.24, 2.45) is 11.8 Å². The van der Waals surface area contributed by atoms with Gasteiger partial charge in [0.25, 0.3) is 0 Å². The maximum absolute atomic E-state index is 13.2. The summed E-state index contributed by atoms with van der Waals surface area (Å²) < 4.78 is 13.2. The number of benzene rings is 1. The molecule has 1 fully saturated rings. The summed E-state index contributed by atoms with van der Waals surface area (Å²) in [6.07, 6.45) is 7.30. The fourth-order valence-corrected chi connectivity index (χ4v) is 3.75. The number of rotatable bonds is 7. The van der Waals surface area contributed by atoms with Crippen LogP contribution in [0.3, 0.4) is 0 Å². The molecule has 3 atom stereocenters. The van der Waals surface area contributed by atoms with E-state index in [2.05, 4.69) is 19.2 Å². The molecule has 1 aromatic rings. The molecule has 0 aromatic heterocycles. The number of hydrogen-bond acceptors (Lipinski definition) is 1. The van der Waals surface area contributed by atoms with E-state index >= 15 is 0 Å². The maximum atomic E-state index is 13.2. The third-order valence-electron chi connectivity index (χ3n) is 4.84. The van der Waals surface area contributed by atoms with Crippen LogP contribution in [0.1, 0.15) is 51.5 Å². The minimum atomic E-state index is -0.256. The van der Waals surface area contributed by atoms with Crippen LogP contribution >= 0.6 is 11.6 Å². The average molecular weight is 312 g/mol. The molecule has 0 radical (unpaired) electrons. The molecule has 1 saturated carbocycles. The van der Waals surface area contributed by atoms with Crippen molar-refractivity contribution in [3.8, 4) is 0 Å². The second kappa shape index (κ2) is 8.14. The first kappa shape index (κ1) is 16.8. The summed E-state index contributed by atoms with van der Waals surface area (Å²) >= 11 is 6.20. The molecule has 0 amide bonds. The van der Waals surface area contributed by atoms with Gasteiger partial charge in [0, 0.05) is 11.1 Å². The van der Waals surface area contributed by atoms with Gasteiger partial charge in [-0.05, 0) is 61.8 Å². The summed E-state index contributed by atoms with van der Waals surface area (Å²) in [5, 5.41) is 4.25. The van der Waals surface area contributed by atoms with Crippen molar-refractivity contribution < 1.29 is 4.39 Å². The highest BCUT2D eigenvalue weighted by Gasteiger charge is 2.30. The highest BCUT2D eigenvalue weighted by molar-refractivity contribution is 6.31. The van der Waals surface area contributed by atoms with E-state index in [1.54, 1.807) is 0 Å². The zero-order valence-electron chi connectivity index (χ0n) is 13.2. The van der Waals surface area contributed by atoms with E-state index in [1.165, 1.54) is 37.8 Å². The number of halogens is 2. The zero-order chi connectivity index (χ0) is 15.2. The quantitative estimate of drug-likeness (QED) is 0.728. The average Bonchev–Trinajstić information content (AvgIpc) is 2.94. The summed E-state index contributed by atoms with van der Waals surface area (Å²) in [5.74, 6) is 1.35. The van der Waals surface area contributed by atoms with Gasteiger partial charge in [0.15, 0.2) is 0 Å². The van der Waals surface area contributed by atoms with Crippen LogP contribution in [-0.4, -0.2) is 12.6 Å². The lowest BCUT2D eigenvalue weighted by Gasteiger charge is -2.26. The Morgan fingerprint density at radius 1 is 1.33 bits per heavy atom. The van der Waals surface area contributed by atoms with Crippen LogP contribution in [0.15, 0.2) is 18.2 Å². The second-order valence-electron chi connectivity index (χ2n) is 6.35. The van der Waals surface area contributed by atoms with Gasteiger partial charge in [-0.25, -0.2) is 4.39 Å². The molecule has 0 bridgehead atoms. The van der Waals surface area contributed by atoms with Gasteiger partial charge in [-0.15, -0.1) is 0 Å². The highest BCUT2D eigenvalue weighted by Crippen LogP contribution is 2.36. The van der Waals surface area contributed by atoms with E-state index < -0.39 is 0 Å². The van der Waals surface area contributed by atoms with E-state index in [1.807, 2.05) is 6.07 Å². The van der Waals surface area contributed by atoms with Gasteiger partial charge in [-0.1, -0.05) is 44.4 Å². The van der Waals surface area contributed by atoms with Crippen molar-refractivity contribution in [2.45, 2.75) is 58.4 Å². The maximum Gasteiger partial charge on any atom is 0.124 e. The molecule has 1 aliphatic rings. The normalized spacial score (nSPS) is 23.4. The summed E-state index contributed by atoms with van der Waals surface area (Å²) in [7, 11) is 0. The number of nitrogens with one attached hydrogen (secondary N) is 1. The smallest absolute Gasteiger partial charge is 0.124 e. The van der Waals surface area contributed by atoms with Gasteiger partial charge in [0.1, 0.15) is 5.82 Å². The van der Waals surface area contributed by atoms with Crippen LogP contribution in [0.4, 0.5) is 4.39 Å². The Kier molecular flexibility index (Phi) is 6.50. The molecule has 1 aromatic carbocycles.